The van der Waals surface area contributed by atoms with E-state index >= 15 is 0 Å². The molecule has 0 saturated heterocycles. The summed E-state index contributed by atoms with van der Waals surface area (Å²) < 4.78 is 1.98. The van der Waals surface area contributed by atoms with Gasteiger partial charge < -0.3 is 0 Å². The Balaban J connectivity index is 3.14. The first-order valence-corrected chi connectivity index (χ1v) is 5.36. The summed E-state index contributed by atoms with van der Waals surface area (Å²) >= 11 is 0. The van der Waals surface area contributed by atoms with Gasteiger partial charge in [-0.25, -0.2) is 0 Å². The van der Waals surface area contributed by atoms with Gasteiger partial charge in [0, 0.05) is 5.69 Å². The molecular weight excluding hydrogens is 186 g/mol. The molecule has 3 nitrogen and oxygen atoms in total. The van der Waals surface area contributed by atoms with Gasteiger partial charge in [-0.2, -0.15) is 10.4 Å². The zero-order chi connectivity index (χ0) is 11.6. The highest BCUT2D eigenvalue weighted by Crippen LogP contribution is 2.33. The molecule has 0 aromatic carbocycles. The molecule has 1 aromatic heterocycles. The van der Waals surface area contributed by atoms with Crippen LogP contribution < -0.4 is 0 Å². The molecule has 3 heteroatoms. The molecule has 0 amide bonds. The van der Waals surface area contributed by atoms with E-state index in [1.807, 2.05) is 32.4 Å². The summed E-state index contributed by atoms with van der Waals surface area (Å²) in [6.45, 7) is 10.1. The maximum atomic E-state index is 9.16. The van der Waals surface area contributed by atoms with E-state index in [-0.39, 0.29) is 11.5 Å². The Bertz CT molecular complexity index is 382. The molecule has 1 aromatic rings. The van der Waals surface area contributed by atoms with Gasteiger partial charge in [0.15, 0.2) is 0 Å². The lowest BCUT2D eigenvalue weighted by Gasteiger charge is -2.28. The number of nitriles is 1. The van der Waals surface area contributed by atoms with Crippen molar-refractivity contribution in [3.8, 4) is 6.07 Å². The zero-order valence-corrected chi connectivity index (χ0v) is 10.2. The minimum atomic E-state index is -0.377. The Morgan fingerprint density at radius 2 is 2.13 bits per heavy atom. The molecule has 0 bridgehead atoms. The standard InChI is InChI=1S/C12H19N3/c1-6-11(12(4,5)8-13)15-10(3)7-9(2)14-15/h7,11H,6H2,1-5H3. The highest BCUT2D eigenvalue weighted by atomic mass is 15.3. The van der Waals surface area contributed by atoms with Crippen LogP contribution in [-0.4, -0.2) is 9.78 Å². The van der Waals surface area contributed by atoms with Crippen molar-refractivity contribution in [1.29, 1.82) is 5.26 Å². The zero-order valence-electron chi connectivity index (χ0n) is 10.2. The van der Waals surface area contributed by atoms with Crippen molar-refractivity contribution in [3.63, 3.8) is 0 Å². The topological polar surface area (TPSA) is 41.6 Å². The maximum absolute atomic E-state index is 9.16. The molecule has 82 valence electrons. The summed E-state index contributed by atoms with van der Waals surface area (Å²) in [5.41, 5.74) is 1.76. The third kappa shape index (κ3) is 2.20. The van der Waals surface area contributed by atoms with Crippen molar-refractivity contribution in [2.75, 3.05) is 0 Å². The van der Waals surface area contributed by atoms with Crippen LogP contribution in [0.1, 0.15) is 44.6 Å². The van der Waals surface area contributed by atoms with Crippen molar-refractivity contribution in [2.45, 2.75) is 47.1 Å². The van der Waals surface area contributed by atoms with Gasteiger partial charge in [0.1, 0.15) is 0 Å². The second-order valence-electron chi connectivity index (χ2n) is 4.63. The summed E-state index contributed by atoms with van der Waals surface area (Å²) in [5.74, 6) is 0. The smallest absolute Gasteiger partial charge is 0.0741 e. The molecular formula is C12H19N3. The Kier molecular flexibility index (Phi) is 3.18. The van der Waals surface area contributed by atoms with Gasteiger partial charge in [0.2, 0.25) is 0 Å². The largest absolute Gasteiger partial charge is 0.265 e. The van der Waals surface area contributed by atoms with Crippen LogP contribution in [0.5, 0.6) is 0 Å². The molecule has 0 radical (unpaired) electrons. The van der Waals surface area contributed by atoms with Crippen LogP contribution >= 0.6 is 0 Å². The van der Waals surface area contributed by atoms with Gasteiger partial charge in [-0.3, -0.25) is 4.68 Å². The Morgan fingerprint density at radius 1 is 1.53 bits per heavy atom. The van der Waals surface area contributed by atoms with E-state index in [2.05, 4.69) is 24.2 Å². The van der Waals surface area contributed by atoms with Crippen LogP contribution in [0.2, 0.25) is 0 Å². The summed E-state index contributed by atoms with van der Waals surface area (Å²) in [6, 6.07) is 4.57. The van der Waals surface area contributed by atoms with Crippen molar-refractivity contribution < 1.29 is 0 Å². The molecule has 0 saturated carbocycles. The van der Waals surface area contributed by atoms with Gasteiger partial charge in [0.25, 0.3) is 0 Å². The highest BCUT2D eigenvalue weighted by molar-refractivity contribution is 5.10. The Hall–Kier alpha value is -1.30. The number of nitrogens with zero attached hydrogens (tertiary/aromatic N) is 3. The molecule has 1 rings (SSSR count). The SMILES string of the molecule is CCC(n1nc(C)cc1C)C(C)(C)C#N. The van der Waals surface area contributed by atoms with Crippen LogP contribution in [0.25, 0.3) is 0 Å². The van der Waals surface area contributed by atoms with Gasteiger partial charge >= 0.3 is 0 Å². The number of hydrogen-bond donors (Lipinski definition) is 0. The van der Waals surface area contributed by atoms with Crippen molar-refractivity contribution in [1.82, 2.24) is 9.78 Å². The normalized spacial score (nSPS) is 13.6. The summed E-state index contributed by atoms with van der Waals surface area (Å²) in [5, 5.41) is 13.6. The third-order valence-electron chi connectivity index (χ3n) is 2.85. The fourth-order valence-corrected chi connectivity index (χ4v) is 2.03. The van der Waals surface area contributed by atoms with Crippen molar-refractivity contribution in [2.24, 2.45) is 5.41 Å². The lowest BCUT2D eigenvalue weighted by Crippen LogP contribution is -2.27. The van der Waals surface area contributed by atoms with Crippen LogP contribution in [0.4, 0.5) is 0 Å². The number of aryl methyl sites for hydroxylation is 2. The van der Waals surface area contributed by atoms with Crippen molar-refractivity contribution >= 4 is 0 Å². The molecule has 1 atom stereocenters. The monoisotopic (exact) mass is 205 g/mol. The van der Waals surface area contributed by atoms with Crippen molar-refractivity contribution in [3.05, 3.63) is 17.5 Å². The van der Waals surface area contributed by atoms with Gasteiger partial charge in [-0.15, -0.1) is 0 Å². The lowest BCUT2D eigenvalue weighted by molar-refractivity contribution is 0.258. The first-order valence-electron chi connectivity index (χ1n) is 5.36. The van der Waals surface area contributed by atoms with Gasteiger partial charge in [0.05, 0.1) is 23.2 Å². The molecule has 0 aliphatic rings. The number of aromatic nitrogens is 2. The minimum Gasteiger partial charge on any atom is -0.265 e. The molecule has 1 heterocycles. The first-order chi connectivity index (χ1) is 6.92. The molecule has 1 unspecified atom stereocenters. The second kappa shape index (κ2) is 4.06. The van der Waals surface area contributed by atoms with E-state index in [0.717, 1.165) is 17.8 Å². The third-order valence-corrected chi connectivity index (χ3v) is 2.85. The predicted octanol–water partition coefficient (Wildman–Crippen LogP) is 3.00. The van der Waals surface area contributed by atoms with E-state index in [1.54, 1.807) is 0 Å². The fraction of sp³-hybridized carbons (Fsp3) is 0.667. The molecule has 0 aliphatic heterocycles. The second-order valence-corrected chi connectivity index (χ2v) is 4.63. The first kappa shape index (κ1) is 11.8. The molecule has 0 spiro atoms. The van der Waals surface area contributed by atoms with Crippen LogP contribution in [-0.2, 0) is 0 Å². The maximum Gasteiger partial charge on any atom is 0.0741 e. The van der Waals surface area contributed by atoms with Crippen LogP contribution in [0.3, 0.4) is 0 Å². The Morgan fingerprint density at radius 3 is 2.47 bits per heavy atom. The number of rotatable bonds is 3. The summed E-state index contributed by atoms with van der Waals surface area (Å²) in [6.07, 6.45) is 0.919. The summed E-state index contributed by atoms with van der Waals surface area (Å²) in [7, 11) is 0. The highest BCUT2D eigenvalue weighted by Gasteiger charge is 2.30. The average Bonchev–Trinajstić information content (AvgIpc) is 2.47. The summed E-state index contributed by atoms with van der Waals surface area (Å²) in [4.78, 5) is 0. The van der Waals surface area contributed by atoms with E-state index < -0.39 is 0 Å². The van der Waals surface area contributed by atoms with E-state index in [9.17, 15) is 0 Å². The van der Waals surface area contributed by atoms with E-state index in [1.165, 1.54) is 0 Å². The molecule has 0 fully saturated rings. The van der Waals surface area contributed by atoms with Crippen LogP contribution in [0.15, 0.2) is 6.07 Å². The van der Waals surface area contributed by atoms with Gasteiger partial charge in [-0.1, -0.05) is 6.92 Å². The molecule has 0 N–H and O–H groups in total. The van der Waals surface area contributed by atoms with E-state index in [4.69, 9.17) is 5.26 Å². The molecule has 15 heavy (non-hydrogen) atoms. The fourth-order valence-electron chi connectivity index (χ4n) is 2.03. The number of hydrogen-bond acceptors (Lipinski definition) is 2. The van der Waals surface area contributed by atoms with Crippen LogP contribution in [0, 0.1) is 30.6 Å². The Labute approximate surface area is 91.7 Å². The average molecular weight is 205 g/mol. The predicted molar refractivity (Wildman–Crippen MR) is 60.4 cm³/mol. The van der Waals surface area contributed by atoms with Gasteiger partial charge in [-0.05, 0) is 40.2 Å². The van der Waals surface area contributed by atoms with E-state index in [0.29, 0.717) is 0 Å². The lowest BCUT2D eigenvalue weighted by atomic mass is 9.84. The molecule has 0 aliphatic carbocycles. The quantitative estimate of drug-likeness (QED) is 0.761. The minimum absolute atomic E-state index is 0.149.